The first-order valence-electron chi connectivity index (χ1n) is 6.08. The Hall–Kier alpha value is -0.770. The van der Waals surface area contributed by atoms with E-state index in [1.807, 2.05) is 6.07 Å². The summed E-state index contributed by atoms with van der Waals surface area (Å²) in [6.07, 6.45) is 3.70. The molecule has 92 valence electrons. The summed E-state index contributed by atoms with van der Waals surface area (Å²) in [5.74, 6) is -0.213. The van der Waals surface area contributed by atoms with E-state index in [1.54, 1.807) is 6.07 Å². The lowest BCUT2D eigenvalue weighted by Crippen LogP contribution is -2.36. The van der Waals surface area contributed by atoms with Crippen molar-refractivity contribution in [1.82, 2.24) is 0 Å². The van der Waals surface area contributed by atoms with Gasteiger partial charge in [0.25, 0.3) is 0 Å². The van der Waals surface area contributed by atoms with Gasteiger partial charge < -0.3 is 10.6 Å². The largest absolute Gasteiger partial charge is 0.383 e. The van der Waals surface area contributed by atoms with Gasteiger partial charge in [0.1, 0.15) is 5.82 Å². The Bertz CT molecular complexity index is 463. The van der Waals surface area contributed by atoms with Crippen LogP contribution >= 0.6 is 15.9 Å². The number of halogens is 2. The first-order valence-corrected chi connectivity index (χ1v) is 6.87. The number of benzene rings is 1. The Morgan fingerprint density at radius 2 is 2.24 bits per heavy atom. The minimum absolute atomic E-state index is 0.213. The second-order valence-electron chi connectivity index (χ2n) is 5.41. The lowest BCUT2D eigenvalue weighted by molar-refractivity contribution is 0.335. The molecule has 1 fully saturated rings. The normalized spacial score (nSPS) is 30.9. The van der Waals surface area contributed by atoms with E-state index in [-0.39, 0.29) is 11.2 Å². The molecule has 2 unspecified atom stereocenters. The second kappa shape index (κ2) is 3.87. The smallest absolute Gasteiger partial charge is 0.139 e. The van der Waals surface area contributed by atoms with Crippen LogP contribution < -0.4 is 10.6 Å². The molecule has 2 atom stereocenters. The predicted molar refractivity (Wildman–Crippen MR) is 72.0 cm³/mol. The number of hydrogen-bond acceptors (Lipinski definition) is 2. The lowest BCUT2D eigenvalue weighted by Gasteiger charge is -2.29. The van der Waals surface area contributed by atoms with Crippen LogP contribution in [0.5, 0.6) is 0 Å². The van der Waals surface area contributed by atoms with E-state index < -0.39 is 0 Å². The summed E-state index contributed by atoms with van der Waals surface area (Å²) in [7, 11) is 0. The molecule has 2 nitrogen and oxygen atoms in total. The molecule has 1 aromatic rings. The summed E-state index contributed by atoms with van der Waals surface area (Å²) >= 11 is 3.24. The van der Waals surface area contributed by atoms with E-state index in [9.17, 15) is 4.39 Å². The average molecular weight is 299 g/mol. The van der Waals surface area contributed by atoms with Crippen molar-refractivity contribution < 1.29 is 4.39 Å². The number of hydrogen-bond donors (Lipinski definition) is 2. The SMILES string of the molecule is CC12CCCC1Nc1cc(Br)c(F)cc1NC2. The van der Waals surface area contributed by atoms with Gasteiger partial charge in [-0.05, 0) is 34.8 Å². The van der Waals surface area contributed by atoms with Crippen molar-refractivity contribution in [3.05, 3.63) is 22.4 Å². The molecule has 0 saturated heterocycles. The zero-order valence-electron chi connectivity index (χ0n) is 9.82. The van der Waals surface area contributed by atoms with Gasteiger partial charge in [-0.15, -0.1) is 0 Å². The third kappa shape index (κ3) is 1.82. The minimum atomic E-state index is -0.213. The average Bonchev–Trinajstić information content (AvgIpc) is 2.58. The van der Waals surface area contributed by atoms with Gasteiger partial charge in [-0.1, -0.05) is 13.3 Å². The molecule has 2 N–H and O–H groups in total. The van der Waals surface area contributed by atoms with Gasteiger partial charge in [0.2, 0.25) is 0 Å². The van der Waals surface area contributed by atoms with Crippen LogP contribution in [0.25, 0.3) is 0 Å². The predicted octanol–water partition coefficient (Wildman–Crippen LogP) is 3.98. The molecule has 3 rings (SSSR count). The van der Waals surface area contributed by atoms with Crippen molar-refractivity contribution in [2.75, 3.05) is 17.2 Å². The van der Waals surface area contributed by atoms with Crippen molar-refractivity contribution in [1.29, 1.82) is 0 Å². The Balaban J connectivity index is 2.00. The lowest BCUT2D eigenvalue weighted by atomic mass is 9.85. The second-order valence-corrected chi connectivity index (χ2v) is 6.26. The van der Waals surface area contributed by atoms with Gasteiger partial charge in [-0.2, -0.15) is 0 Å². The van der Waals surface area contributed by atoms with Crippen LogP contribution in [-0.2, 0) is 0 Å². The standard InChI is InChI=1S/C13H16BrFN2/c1-13-4-2-3-12(13)17-11-5-8(14)9(15)6-10(11)16-7-13/h5-6,12,16-17H,2-4,7H2,1H3. The number of fused-ring (bicyclic) bond motifs is 2. The van der Waals surface area contributed by atoms with Gasteiger partial charge in [-0.3, -0.25) is 0 Å². The van der Waals surface area contributed by atoms with E-state index >= 15 is 0 Å². The highest BCUT2D eigenvalue weighted by Crippen LogP contribution is 2.44. The molecular formula is C13H16BrFN2. The van der Waals surface area contributed by atoms with E-state index in [2.05, 4.69) is 33.5 Å². The highest BCUT2D eigenvalue weighted by atomic mass is 79.9. The number of nitrogens with one attached hydrogen (secondary N) is 2. The van der Waals surface area contributed by atoms with Crippen LogP contribution in [0.15, 0.2) is 16.6 Å². The van der Waals surface area contributed by atoms with Crippen molar-refractivity contribution >= 4 is 27.3 Å². The topological polar surface area (TPSA) is 24.1 Å². The summed E-state index contributed by atoms with van der Waals surface area (Å²) in [6.45, 7) is 3.22. The summed E-state index contributed by atoms with van der Waals surface area (Å²) in [4.78, 5) is 0. The van der Waals surface area contributed by atoms with Crippen molar-refractivity contribution in [2.45, 2.75) is 32.2 Å². The van der Waals surface area contributed by atoms with Gasteiger partial charge in [0.05, 0.1) is 15.8 Å². The van der Waals surface area contributed by atoms with Crippen LogP contribution in [0.3, 0.4) is 0 Å². The molecule has 1 heterocycles. The van der Waals surface area contributed by atoms with Gasteiger partial charge in [-0.25, -0.2) is 4.39 Å². The number of anilines is 2. The Morgan fingerprint density at radius 3 is 3.06 bits per heavy atom. The van der Waals surface area contributed by atoms with Gasteiger partial charge >= 0.3 is 0 Å². The fourth-order valence-corrected chi connectivity index (χ4v) is 3.33. The summed E-state index contributed by atoms with van der Waals surface area (Å²) in [5.41, 5.74) is 2.16. The fraction of sp³-hybridized carbons (Fsp3) is 0.538. The van der Waals surface area contributed by atoms with Crippen molar-refractivity contribution in [3.63, 3.8) is 0 Å². The van der Waals surface area contributed by atoms with Crippen LogP contribution in [0.1, 0.15) is 26.2 Å². The molecule has 4 heteroatoms. The molecule has 0 radical (unpaired) electrons. The van der Waals surface area contributed by atoms with E-state index in [0.717, 1.165) is 17.9 Å². The van der Waals surface area contributed by atoms with Crippen molar-refractivity contribution in [2.24, 2.45) is 5.41 Å². The third-order valence-electron chi connectivity index (χ3n) is 4.15. The molecule has 1 saturated carbocycles. The maximum absolute atomic E-state index is 13.5. The highest BCUT2D eigenvalue weighted by molar-refractivity contribution is 9.10. The zero-order valence-corrected chi connectivity index (χ0v) is 11.4. The number of rotatable bonds is 0. The Kier molecular flexibility index (Phi) is 2.58. The van der Waals surface area contributed by atoms with Crippen LogP contribution in [0, 0.1) is 11.2 Å². The molecule has 2 aliphatic rings. The Labute approximate surface area is 109 Å². The Morgan fingerprint density at radius 1 is 1.41 bits per heavy atom. The summed E-state index contributed by atoms with van der Waals surface area (Å²) in [6, 6.07) is 3.90. The first kappa shape index (κ1) is 11.3. The molecule has 17 heavy (non-hydrogen) atoms. The van der Waals surface area contributed by atoms with E-state index in [1.165, 1.54) is 19.3 Å². The third-order valence-corrected chi connectivity index (χ3v) is 4.76. The summed E-state index contributed by atoms with van der Waals surface area (Å²) < 4.78 is 14.0. The maximum atomic E-state index is 13.5. The van der Waals surface area contributed by atoms with Gasteiger partial charge in [0, 0.05) is 24.1 Å². The molecule has 1 aromatic carbocycles. The first-order chi connectivity index (χ1) is 8.08. The summed E-state index contributed by atoms with van der Waals surface area (Å²) in [5, 5.41) is 6.95. The van der Waals surface area contributed by atoms with Crippen LogP contribution in [-0.4, -0.2) is 12.6 Å². The van der Waals surface area contributed by atoms with E-state index in [4.69, 9.17) is 0 Å². The maximum Gasteiger partial charge on any atom is 0.139 e. The van der Waals surface area contributed by atoms with E-state index in [0.29, 0.717) is 10.5 Å². The monoisotopic (exact) mass is 298 g/mol. The van der Waals surface area contributed by atoms with Crippen LogP contribution in [0.4, 0.5) is 15.8 Å². The molecule has 0 amide bonds. The molecular weight excluding hydrogens is 283 g/mol. The fourth-order valence-electron chi connectivity index (χ4n) is 2.99. The molecule has 0 aromatic heterocycles. The van der Waals surface area contributed by atoms with Crippen molar-refractivity contribution in [3.8, 4) is 0 Å². The zero-order chi connectivity index (χ0) is 12.0. The minimum Gasteiger partial charge on any atom is -0.383 e. The molecule has 1 aliphatic carbocycles. The highest BCUT2D eigenvalue weighted by Gasteiger charge is 2.40. The van der Waals surface area contributed by atoms with Crippen LogP contribution in [0.2, 0.25) is 0 Å². The molecule has 0 bridgehead atoms. The molecule has 0 spiro atoms. The van der Waals surface area contributed by atoms with Gasteiger partial charge in [0.15, 0.2) is 0 Å². The molecule has 1 aliphatic heterocycles. The quantitative estimate of drug-likeness (QED) is 0.757.